The van der Waals surface area contributed by atoms with E-state index in [2.05, 4.69) is 17.1 Å². The van der Waals surface area contributed by atoms with E-state index in [1.54, 1.807) is 6.07 Å². The largest absolute Gasteiger partial charge is 0.418 e. The van der Waals surface area contributed by atoms with Crippen molar-refractivity contribution < 1.29 is 28.2 Å². The third-order valence-electron chi connectivity index (χ3n) is 5.84. The van der Waals surface area contributed by atoms with E-state index in [0.29, 0.717) is 5.39 Å². The molecule has 0 aromatic heterocycles. The molecule has 9 heteroatoms. The number of anilines is 1. The van der Waals surface area contributed by atoms with Gasteiger partial charge in [-0.05, 0) is 49.3 Å². The summed E-state index contributed by atoms with van der Waals surface area (Å²) in [6, 6.07) is 11.3. The van der Waals surface area contributed by atoms with Gasteiger partial charge < -0.3 is 20.4 Å². The Morgan fingerprint density at radius 1 is 1.30 bits per heavy atom. The number of fused-ring (bicyclic) bond motifs is 1. The molecule has 1 amide bonds. The summed E-state index contributed by atoms with van der Waals surface area (Å²) in [6.07, 6.45) is -3.24. The van der Waals surface area contributed by atoms with Crippen molar-refractivity contribution in [3.05, 3.63) is 47.5 Å². The topological polar surface area (TPSA) is 96.6 Å². The molecule has 0 aliphatic carbocycles. The van der Waals surface area contributed by atoms with Gasteiger partial charge in [-0.15, -0.1) is 0 Å². The minimum absolute atomic E-state index is 0.240. The maximum atomic E-state index is 14.1. The quantitative estimate of drug-likeness (QED) is 0.452. The lowest BCUT2D eigenvalue weighted by Crippen LogP contribution is -2.37. The molecule has 2 aromatic carbocycles. The van der Waals surface area contributed by atoms with Gasteiger partial charge in [0.2, 0.25) is 0 Å². The fraction of sp³-hybridized carbons (Fsp3) is 0.417. The van der Waals surface area contributed by atoms with Crippen molar-refractivity contribution in [2.24, 2.45) is 0 Å². The Morgan fingerprint density at radius 2 is 2.06 bits per heavy atom. The van der Waals surface area contributed by atoms with E-state index < -0.39 is 42.5 Å². The lowest BCUT2D eigenvalue weighted by molar-refractivity contribution is -0.118. The van der Waals surface area contributed by atoms with Gasteiger partial charge in [-0.3, -0.25) is 4.79 Å². The summed E-state index contributed by atoms with van der Waals surface area (Å²) in [5.41, 5.74) is -1.92. The van der Waals surface area contributed by atoms with Crippen LogP contribution >= 0.6 is 0 Å². The number of hydrogen-bond donors (Lipinski definition) is 3. The van der Waals surface area contributed by atoms with Crippen LogP contribution in [0.4, 0.5) is 18.9 Å². The van der Waals surface area contributed by atoms with Gasteiger partial charge in [0.15, 0.2) is 0 Å². The molecule has 1 saturated heterocycles. The maximum Gasteiger partial charge on any atom is 0.418 e. The van der Waals surface area contributed by atoms with Crippen LogP contribution in [0.25, 0.3) is 16.3 Å². The number of nitrogens with one attached hydrogen (secondary N) is 1. The van der Waals surface area contributed by atoms with Gasteiger partial charge in [0.05, 0.1) is 18.3 Å². The van der Waals surface area contributed by atoms with E-state index in [-0.39, 0.29) is 11.6 Å². The molecule has 1 fully saturated rings. The summed E-state index contributed by atoms with van der Waals surface area (Å²) in [4.78, 5) is 14.6. The molecule has 1 aliphatic rings. The van der Waals surface area contributed by atoms with Gasteiger partial charge in [0.1, 0.15) is 11.6 Å². The number of halogens is 3. The smallest absolute Gasteiger partial charge is 0.394 e. The predicted octanol–water partition coefficient (Wildman–Crippen LogP) is 3.53. The second-order valence-electron chi connectivity index (χ2n) is 8.16. The van der Waals surface area contributed by atoms with Crippen LogP contribution in [0.15, 0.2) is 42.0 Å². The normalized spacial score (nSPS) is 18.5. The van der Waals surface area contributed by atoms with Crippen molar-refractivity contribution in [1.82, 2.24) is 5.32 Å². The number of piperidine rings is 1. The van der Waals surface area contributed by atoms with Gasteiger partial charge in [-0.25, -0.2) is 0 Å². The molecule has 0 spiro atoms. The summed E-state index contributed by atoms with van der Waals surface area (Å²) in [7, 11) is 0. The summed E-state index contributed by atoms with van der Waals surface area (Å²) < 4.78 is 42.3. The molecular weight excluding hydrogens is 435 g/mol. The van der Waals surface area contributed by atoms with Crippen LogP contribution in [0, 0.1) is 11.3 Å². The van der Waals surface area contributed by atoms with E-state index >= 15 is 0 Å². The average molecular weight is 461 g/mol. The first-order valence-corrected chi connectivity index (χ1v) is 10.8. The molecule has 0 saturated carbocycles. The zero-order chi connectivity index (χ0) is 24.2. The summed E-state index contributed by atoms with van der Waals surface area (Å²) in [5, 5.41) is 31.1. The number of alkyl halides is 3. The van der Waals surface area contributed by atoms with Crippen molar-refractivity contribution in [3.63, 3.8) is 0 Å². The third kappa shape index (κ3) is 5.46. The Bertz CT molecular complexity index is 1090. The highest BCUT2D eigenvalue weighted by Gasteiger charge is 2.39. The summed E-state index contributed by atoms with van der Waals surface area (Å²) in [5.74, 6) is -1.27. The number of aliphatic hydroxyl groups is 2. The first-order valence-electron chi connectivity index (χ1n) is 10.8. The lowest BCUT2D eigenvalue weighted by Gasteiger charge is -2.36. The highest BCUT2D eigenvalue weighted by atomic mass is 19.4. The molecular formula is C24H26F3N3O3. The standard InChI is InChI=1S/C24H26F3N3O3/c1-15-5-2-3-10-30(15)21-7-4-6-16-8-9-17(11-19(16)21)22(24(25,26)27)20(12-28)23(33)29-13-18(32)14-31/h4,6-9,11,15,18,31-32H,2-3,5,10,13-14H2,1H3,(H,29,33)/b22-20-. The molecule has 1 aliphatic heterocycles. The molecule has 176 valence electrons. The SMILES string of the molecule is CC1CCCCN1c1cccc2ccc(/C(=C(\C#N)C(=O)NCC(O)CO)C(F)(F)F)cc12. The monoisotopic (exact) mass is 461 g/mol. The molecule has 0 radical (unpaired) electrons. The molecule has 0 bridgehead atoms. The second kappa shape index (κ2) is 10.2. The van der Waals surface area contributed by atoms with Gasteiger partial charge >= 0.3 is 6.18 Å². The first-order chi connectivity index (χ1) is 15.7. The Morgan fingerprint density at radius 3 is 2.70 bits per heavy atom. The number of benzene rings is 2. The highest BCUT2D eigenvalue weighted by molar-refractivity contribution is 6.07. The van der Waals surface area contributed by atoms with Crippen LogP contribution in [0.1, 0.15) is 31.7 Å². The number of aliphatic hydroxyl groups excluding tert-OH is 2. The predicted molar refractivity (Wildman–Crippen MR) is 119 cm³/mol. The molecule has 6 nitrogen and oxygen atoms in total. The number of allylic oxidation sites excluding steroid dienone is 1. The molecule has 3 N–H and O–H groups in total. The van der Waals surface area contributed by atoms with E-state index in [1.807, 2.05) is 18.2 Å². The number of carbonyl (C=O) groups excluding carboxylic acids is 1. The van der Waals surface area contributed by atoms with E-state index in [0.717, 1.165) is 36.9 Å². The van der Waals surface area contributed by atoms with Gasteiger partial charge in [0, 0.05) is 30.2 Å². The maximum absolute atomic E-state index is 14.1. The average Bonchev–Trinajstić information content (AvgIpc) is 2.79. The minimum atomic E-state index is -4.97. The number of amides is 1. The van der Waals surface area contributed by atoms with E-state index in [9.17, 15) is 28.3 Å². The number of nitriles is 1. The van der Waals surface area contributed by atoms with Crippen molar-refractivity contribution in [1.29, 1.82) is 5.26 Å². The van der Waals surface area contributed by atoms with Crippen LogP contribution < -0.4 is 10.2 Å². The van der Waals surface area contributed by atoms with Crippen molar-refractivity contribution in [2.45, 2.75) is 44.5 Å². The molecule has 2 aromatic rings. The Kier molecular flexibility index (Phi) is 7.61. The summed E-state index contributed by atoms with van der Waals surface area (Å²) in [6.45, 7) is 1.72. The number of carbonyl (C=O) groups is 1. The molecule has 2 unspecified atom stereocenters. The minimum Gasteiger partial charge on any atom is -0.394 e. The molecule has 33 heavy (non-hydrogen) atoms. The number of nitrogens with zero attached hydrogens (tertiary/aromatic N) is 2. The van der Waals surface area contributed by atoms with Crippen LogP contribution in [-0.2, 0) is 4.79 Å². The lowest BCUT2D eigenvalue weighted by atomic mass is 9.94. The van der Waals surface area contributed by atoms with Gasteiger partial charge in [-0.1, -0.05) is 24.3 Å². The van der Waals surface area contributed by atoms with Gasteiger partial charge in [-0.2, -0.15) is 18.4 Å². The van der Waals surface area contributed by atoms with Crippen LogP contribution in [0.5, 0.6) is 0 Å². The number of hydrogen-bond acceptors (Lipinski definition) is 5. The Labute approximate surface area is 189 Å². The first kappa shape index (κ1) is 24.6. The van der Waals surface area contributed by atoms with Crippen LogP contribution in [-0.4, -0.2) is 54.1 Å². The van der Waals surface area contributed by atoms with Crippen LogP contribution in [0.3, 0.4) is 0 Å². The van der Waals surface area contributed by atoms with Crippen LogP contribution in [0.2, 0.25) is 0 Å². The second-order valence-corrected chi connectivity index (χ2v) is 8.16. The zero-order valence-electron chi connectivity index (χ0n) is 18.2. The van der Waals surface area contributed by atoms with E-state index in [1.165, 1.54) is 18.2 Å². The highest BCUT2D eigenvalue weighted by Crippen LogP contribution is 2.39. The molecule has 1 heterocycles. The molecule has 2 atom stereocenters. The third-order valence-corrected chi connectivity index (χ3v) is 5.84. The van der Waals surface area contributed by atoms with Gasteiger partial charge in [0.25, 0.3) is 5.91 Å². The zero-order valence-corrected chi connectivity index (χ0v) is 18.2. The Hall–Kier alpha value is -3.09. The van der Waals surface area contributed by atoms with E-state index in [4.69, 9.17) is 5.11 Å². The Balaban J connectivity index is 2.13. The van der Waals surface area contributed by atoms with Crippen molar-refractivity contribution >= 4 is 27.9 Å². The fourth-order valence-electron chi connectivity index (χ4n) is 4.15. The molecule has 3 rings (SSSR count). The summed E-state index contributed by atoms with van der Waals surface area (Å²) >= 11 is 0. The van der Waals surface area contributed by atoms with Crippen molar-refractivity contribution in [3.8, 4) is 6.07 Å². The fourth-order valence-corrected chi connectivity index (χ4v) is 4.15. The number of rotatable bonds is 6. The van der Waals surface area contributed by atoms with Crippen molar-refractivity contribution in [2.75, 3.05) is 24.6 Å².